The zero-order valence-electron chi connectivity index (χ0n) is 16.3. The first kappa shape index (κ1) is 21.7. The highest BCUT2D eigenvalue weighted by atomic mass is 32.2. The van der Waals surface area contributed by atoms with E-state index in [1.165, 1.54) is 43.3 Å². The van der Waals surface area contributed by atoms with Gasteiger partial charge in [-0.25, -0.2) is 8.42 Å². The molecular formula is C19H24N2O6S. The highest BCUT2D eigenvalue weighted by Crippen LogP contribution is 2.18. The van der Waals surface area contributed by atoms with Gasteiger partial charge in [-0.15, -0.1) is 0 Å². The van der Waals surface area contributed by atoms with E-state index in [9.17, 15) is 13.2 Å². The molecule has 0 N–H and O–H groups in total. The Morgan fingerprint density at radius 1 is 0.929 bits per heavy atom. The predicted molar refractivity (Wildman–Crippen MR) is 104 cm³/mol. The standard InChI is InChI=1S/C19H24N2O6S/c1-20(13-14-27-17-9-7-16(25-3)8-10-17)19(22)15-5-11-18(12-6-15)28(23,24)21(2)26-4/h5-12H,13-14H2,1-4H3. The molecule has 0 atom stereocenters. The average Bonchev–Trinajstić information content (AvgIpc) is 2.73. The molecule has 0 spiro atoms. The number of ether oxygens (including phenoxy) is 2. The minimum absolute atomic E-state index is 0.0406. The molecule has 0 saturated carbocycles. The van der Waals surface area contributed by atoms with Crippen molar-refractivity contribution in [3.63, 3.8) is 0 Å². The largest absolute Gasteiger partial charge is 0.497 e. The molecule has 0 unspecified atom stereocenters. The zero-order valence-corrected chi connectivity index (χ0v) is 17.1. The monoisotopic (exact) mass is 408 g/mol. The predicted octanol–water partition coefficient (Wildman–Crippen LogP) is 2.03. The molecule has 0 bridgehead atoms. The van der Waals surface area contributed by atoms with Gasteiger partial charge < -0.3 is 14.4 Å². The van der Waals surface area contributed by atoms with E-state index in [1.54, 1.807) is 38.4 Å². The minimum Gasteiger partial charge on any atom is -0.497 e. The maximum absolute atomic E-state index is 12.5. The maximum Gasteiger partial charge on any atom is 0.264 e. The lowest BCUT2D eigenvalue weighted by Gasteiger charge is -2.18. The number of likely N-dealkylation sites (N-methyl/N-ethyl adjacent to an activating group) is 1. The molecule has 0 fully saturated rings. The molecule has 0 radical (unpaired) electrons. The van der Waals surface area contributed by atoms with E-state index in [4.69, 9.17) is 14.3 Å². The number of rotatable bonds is 9. The van der Waals surface area contributed by atoms with Crippen LogP contribution in [0.25, 0.3) is 0 Å². The van der Waals surface area contributed by atoms with Gasteiger partial charge in [0.05, 0.1) is 25.7 Å². The highest BCUT2D eigenvalue weighted by molar-refractivity contribution is 7.89. The van der Waals surface area contributed by atoms with Gasteiger partial charge in [0.15, 0.2) is 0 Å². The third kappa shape index (κ3) is 5.22. The fourth-order valence-corrected chi connectivity index (χ4v) is 3.28. The van der Waals surface area contributed by atoms with E-state index < -0.39 is 10.0 Å². The number of hydroxylamine groups is 1. The van der Waals surface area contributed by atoms with Crippen molar-refractivity contribution in [3.8, 4) is 11.5 Å². The summed E-state index contributed by atoms with van der Waals surface area (Å²) < 4.78 is 35.8. The SMILES string of the molecule is COc1ccc(OCCN(C)C(=O)c2ccc(S(=O)(=O)N(C)OC)cc2)cc1. The van der Waals surface area contributed by atoms with E-state index in [0.29, 0.717) is 24.5 Å². The fraction of sp³-hybridized carbons (Fsp3) is 0.316. The summed E-state index contributed by atoms with van der Waals surface area (Å²) in [7, 11) is 2.06. The lowest BCUT2D eigenvalue weighted by Crippen LogP contribution is -2.31. The first-order chi connectivity index (χ1) is 13.3. The lowest BCUT2D eigenvalue weighted by atomic mass is 10.2. The van der Waals surface area contributed by atoms with Gasteiger partial charge in [0, 0.05) is 19.7 Å². The van der Waals surface area contributed by atoms with Crippen molar-refractivity contribution in [2.24, 2.45) is 0 Å². The quantitative estimate of drug-likeness (QED) is 0.590. The first-order valence-corrected chi connectivity index (χ1v) is 9.89. The Hall–Kier alpha value is -2.62. The summed E-state index contributed by atoms with van der Waals surface area (Å²) in [6.45, 7) is 0.691. The van der Waals surface area contributed by atoms with Crippen LogP contribution in [0.4, 0.5) is 0 Å². The van der Waals surface area contributed by atoms with Crippen LogP contribution in [0, 0.1) is 0 Å². The van der Waals surface area contributed by atoms with Gasteiger partial charge in [0.2, 0.25) is 0 Å². The third-order valence-corrected chi connectivity index (χ3v) is 5.79. The van der Waals surface area contributed by atoms with Crippen LogP contribution < -0.4 is 9.47 Å². The summed E-state index contributed by atoms with van der Waals surface area (Å²) in [5.41, 5.74) is 0.381. The van der Waals surface area contributed by atoms with Crippen molar-refractivity contribution in [1.82, 2.24) is 9.37 Å². The van der Waals surface area contributed by atoms with Crippen LogP contribution >= 0.6 is 0 Å². The maximum atomic E-state index is 12.5. The molecule has 0 aliphatic heterocycles. The second-order valence-electron chi connectivity index (χ2n) is 5.87. The molecule has 9 heteroatoms. The summed E-state index contributed by atoms with van der Waals surface area (Å²) >= 11 is 0. The summed E-state index contributed by atoms with van der Waals surface area (Å²) in [4.78, 5) is 18.8. The van der Waals surface area contributed by atoms with Crippen LogP contribution in [0.5, 0.6) is 11.5 Å². The smallest absolute Gasteiger partial charge is 0.264 e. The van der Waals surface area contributed by atoms with Gasteiger partial charge in [0.25, 0.3) is 15.9 Å². The van der Waals surface area contributed by atoms with Crippen LogP contribution in [0.15, 0.2) is 53.4 Å². The number of amides is 1. The normalized spacial score (nSPS) is 11.3. The van der Waals surface area contributed by atoms with Gasteiger partial charge >= 0.3 is 0 Å². The number of carbonyl (C=O) groups excluding carboxylic acids is 1. The fourth-order valence-electron chi connectivity index (χ4n) is 2.31. The molecular weight excluding hydrogens is 384 g/mol. The van der Waals surface area contributed by atoms with Gasteiger partial charge in [-0.1, -0.05) is 4.47 Å². The molecule has 0 heterocycles. The Kier molecular flexibility index (Phi) is 7.38. The van der Waals surface area contributed by atoms with Crippen molar-refractivity contribution in [2.45, 2.75) is 4.90 Å². The summed E-state index contributed by atoms with van der Waals surface area (Å²) in [6, 6.07) is 12.9. The Bertz CT molecular complexity index is 882. The lowest BCUT2D eigenvalue weighted by molar-refractivity contribution is -0.0258. The number of hydrogen-bond acceptors (Lipinski definition) is 6. The van der Waals surface area contributed by atoms with Crippen molar-refractivity contribution >= 4 is 15.9 Å². The number of hydrogen-bond donors (Lipinski definition) is 0. The van der Waals surface area contributed by atoms with E-state index in [1.807, 2.05) is 0 Å². The van der Waals surface area contributed by atoms with Crippen molar-refractivity contribution < 1.29 is 27.5 Å². The summed E-state index contributed by atoms with van der Waals surface area (Å²) in [5.74, 6) is 1.18. The van der Waals surface area contributed by atoms with Gasteiger partial charge in [-0.05, 0) is 48.5 Å². The number of nitrogens with zero attached hydrogens (tertiary/aromatic N) is 2. The Balaban J connectivity index is 1.93. The van der Waals surface area contributed by atoms with Crippen molar-refractivity contribution in [3.05, 3.63) is 54.1 Å². The molecule has 2 aromatic rings. The van der Waals surface area contributed by atoms with Crippen LogP contribution in [0.1, 0.15) is 10.4 Å². The highest BCUT2D eigenvalue weighted by Gasteiger charge is 2.21. The Morgan fingerprint density at radius 2 is 1.50 bits per heavy atom. The summed E-state index contributed by atoms with van der Waals surface area (Å²) in [5, 5.41) is 0. The van der Waals surface area contributed by atoms with E-state index >= 15 is 0 Å². The van der Waals surface area contributed by atoms with Crippen LogP contribution in [-0.4, -0.2) is 65.2 Å². The second-order valence-corrected chi connectivity index (χ2v) is 7.81. The van der Waals surface area contributed by atoms with Gasteiger partial charge in [-0.2, -0.15) is 0 Å². The third-order valence-electron chi connectivity index (χ3n) is 4.10. The van der Waals surface area contributed by atoms with Gasteiger partial charge in [-0.3, -0.25) is 9.63 Å². The van der Waals surface area contributed by atoms with Crippen molar-refractivity contribution in [1.29, 1.82) is 0 Å². The van der Waals surface area contributed by atoms with Gasteiger partial charge in [0.1, 0.15) is 18.1 Å². The molecule has 28 heavy (non-hydrogen) atoms. The van der Waals surface area contributed by atoms with Crippen LogP contribution in [0.2, 0.25) is 0 Å². The molecule has 2 aromatic carbocycles. The zero-order chi connectivity index (χ0) is 20.7. The summed E-state index contributed by atoms with van der Waals surface area (Å²) in [6.07, 6.45) is 0. The van der Waals surface area contributed by atoms with E-state index in [-0.39, 0.29) is 10.8 Å². The average molecular weight is 408 g/mol. The molecule has 152 valence electrons. The van der Waals surface area contributed by atoms with E-state index in [2.05, 4.69) is 0 Å². The molecule has 0 aliphatic rings. The number of sulfonamides is 1. The number of methoxy groups -OCH3 is 1. The minimum atomic E-state index is -3.74. The van der Waals surface area contributed by atoms with E-state index in [0.717, 1.165) is 10.2 Å². The number of carbonyl (C=O) groups is 1. The first-order valence-electron chi connectivity index (χ1n) is 8.45. The molecule has 0 saturated heterocycles. The molecule has 1 amide bonds. The second kappa shape index (κ2) is 9.54. The number of benzene rings is 2. The molecule has 0 aromatic heterocycles. The Morgan fingerprint density at radius 3 is 2.04 bits per heavy atom. The molecule has 0 aliphatic carbocycles. The molecule has 2 rings (SSSR count). The van der Waals surface area contributed by atoms with Crippen LogP contribution in [-0.2, 0) is 14.9 Å². The molecule has 8 nitrogen and oxygen atoms in total. The van der Waals surface area contributed by atoms with Crippen LogP contribution in [0.3, 0.4) is 0 Å². The Labute approximate surface area is 165 Å². The topological polar surface area (TPSA) is 85.4 Å². The van der Waals surface area contributed by atoms with Crippen molar-refractivity contribution in [2.75, 3.05) is 41.5 Å².